The Morgan fingerprint density at radius 2 is 2.00 bits per heavy atom. The minimum absolute atomic E-state index is 0.0470. The number of aryl methyl sites for hydroxylation is 1. The number of amides is 1. The van der Waals surface area contributed by atoms with E-state index in [4.69, 9.17) is 4.74 Å². The molecule has 0 saturated heterocycles. The molecule has 0 fully saturated rings. The maximum Gasteiger partial charge on any atom is 0.483 e. The molecule has 3 aromatic rings. The average Bonchev–Trinajstić information content (AvgIpc) is 3.00. The molecule has 0 bridgehead atoms. The molecule has 1 amide bonds. The van der Waals surface area contributed by atoms with Gasteiger partial charge in [-0.2, -0.15) is 8.78 Å². The van der Waals surface area contributed by atoms with Gasteiger partial charge in [0, 0.05) is 0 Å². The highest BCUT2D eigenvalue weighted by Crippen LogP contribution is 2.42. The van der Waals surface area contributed by atoms with Gasteiger partial charge in [-0.1, -0.05) is 31.2 Å². The molecule has 0 radical (unpaired) electrons. The number of rotatable bonds is 3. The smallest absolute Gasteiger partial charge is 0.423 e. The number of hydrogen-bond acceptors (Lipinski definition) is 3. The second kappa shape index (κ2) is 5.54. The minimum atomic E-state index is -3.90. The maximum atomic E-state index is 14.1. The summed E-state index contributed by atoms with van der Waals surface area (Å²) in [7, 11) is 0. The zero-order valence-corrected chi connectivity index (χ0v) is 13.4. The number of H-pyrrole nitrogens is 1. The highest BCUT2D eigenvalue weighted by atomic mass is 19.3. The molecule has 5 nitrogen and oxygen atoms in total. The summed E-state index contributed by atoms with van der Waals surface area (Å²) in [6, 6.07) is 12.4. The van der Waals surface area contributed by atoms with Crippen LogP contribution in [0.4, 0.5) is 14.5 Å². The zero-order valence-electron chi connectivity index (χ0n) is 13.4. The molecule has 1 aliphatic rings. The normalized spacial score (nSPS) is 16.0. The predicted molar refractivity (Wildman–Crippen MR) is 88.7 cm³/mol. The molecular formula is C18H15F2N3O2. The number of imidazole rings is 1. The fourth-order valence-electron chi connectivity index (χ4n) is 3.01. The van der Waals surface area contributed by atoms with Crippen LogP contribution in [-0.2, 0) is 17.8 Å². The van der Waals surface area contributed by atoms with Gasteiger partial charge < -0.3 is 9.72 Å². The van der Waals surface area contributed by atoms with E-state index >= 15 is 0 Å². The number of carbonyl (C=O) groups is 1. The van der Waals surface area contributed by atoms with Crippen LogP contribution in [-0.4, -0.2) is 22.0 Å². The summed E-state index contributed by atoms with van der Waals surface area (Å²) in [5, 5.41) is 0. The van der Waals surface area contributed by atoms with Gasteiger partial charge in [-0.3, -0.25) is 9.69 Å². The lowest BCUT2D eigenvalue weighted by Crippen LogP contribution is -2.50. The van der Waals surface area contributed by atoms with Crippen molar-refractivity contribution in [1.82, 2.24) is 9.97 Å². The number of alkyl halides is 2. The van der Waals surface area contributed by atoms with E-state index in [2.05, 4.69) is 9.97 Å². The number of fused-ring (bicyclic) bond motifs is 2. The van der Waals surface area contributed by atoms with Crippen molar-refractivity contribution in [3.8, 4) is 5.75 Å². The van der Waals surface area contributed by atoms with Crippen LogP contribution < -0.4 is 9.64 Å². The van der Waals surface area contributed by atoms with Crippen LogP contribution in [0.25, 0.3) is 11.0 Å². The number of para-hydroxylation sites is 3. The molecule has 128 valence electrons. The first-order valence-corrected chi connectivity index (χ1v) is 7.94. The van der Waals surface area contributed by atoms with Gasteiger partial charge in [0.15, 0.2) is 5.75 Å². The molecule has 0 atom stereocenters. The van der Waals surface area contributed by atoms with Crippen LogP contribution in [0.3, 0.4) is 0 Å². The lowest BCUT2D eigenvalue weighted by Gasteiger charge is -2.34. The maximum absolute atomic E-state index is 14.1. The van der Waals surface area contributed by atoms with Crippen molar-refractivity contribution in [2.24, 2.45) is 0 Å². The number of hydrogen-bond donors (Lipinski definition) is 1. The van der Waals surface area contributed by atoms with E-state index in [0.29, 0.717) is 29.0 Å². The van der Waals surface area contributed by atoms with E-state index in [-0.39, 0.29) is 12.3 Å². The summed E-state index contributed by atoms with van der Waals surface area (Å²) >= 11 is 0. The minimum Gasteiger partial charge on any atom is -0.423 e. The van der Waals surface area contributed by atoms with Crippen molar-refractivity contribution in [3.05, 3.63) is 53.9 Å². The van der Waals surface area contributed by atoms with Crippen molar-refractivity contribution < 1.29 is 18.3 Å². The molecule has 0 unspecified atom stereocenters. The Hall–Kier alpha value is -2.96. The van der Waals surface area contributed by atoms with E-state index < -0.39 is 12.0 Å². The molecule has 0 spiro atoms. The quantitative estimate of drug-likeness (QED) is 0.790. The summed E-state index contributed by atoms with van der Waals surface area (Å²) in [6.45, 7) is 1.75. The number of benzene rings is 2. The van der Waals surface area contributed by atoms with Crippen molar-refractivity contribution >= 4 is 22.6 Å². The van der Waals surface area contributed by atoms with Crippen LogP contribution >= 0.6 is 0 Å². The average molecular weight is 343 g/mol. The molecule has 1 aromatic heterocycles. The Morgan fingerprint density at radius 1 is 1.20 bits per heavy atom. The van der Waals surface area contributed by atoms with Gasteiger partial charge in [0.1, 0.15) is 5.82 Å². The lowest BCUT2D eigenvalue weighted by atomic mass is 10.1. The Labute approximate surface area is 142 Å². The lowest BCUT2D eigenvalue weighted by molar-refractivity contribution is -0.193. The second-order valence-electron chi connectivity index (χ2n) is 5.83. The summed E-state index contributed by atoms with van der Waals surface area (Å²) in [4.78, 5) is 20.7. The first-order chi connectivity index (χ1) is 12.0. The highest BCUT2D eigenvalue weighted by Gasteiger charge is 2.51. The third-order valence-electron chi connectivity index (χ3n) is 4.22. The molecule has 0 saturated carbocycles. The summed E-state index contributed by atoms with van der Waals surface area (Å²) in [5.41, 5.74) is 2.45. The van der Waals surface area contributed by atoms with Gasteiger partial charge in [-0.15, -0.1) is 0 Å². The zero-order chi connectivity index (χ0) is 17.6. The van der Waals surface area contributed by atoms with Crippen molar-refractivity contribution in [3.63, 3.8) is 0 Å². The fraction of sp³-hybridized carbons (Fsp3) is 0.222. The van der Waals surface area contributed by atoms with Crippen molar-refractivity contribution in [2.45, 2.75) is 26.0 Å². The first kappa shape index (κ1) is 15.6. The second-order valence-corrected chi connectivity index (χ2v) is 5.83. The number of anilines is 1. The Morgan fingerprint density at radius 3 is 2.76 bits per heavy atom. The van der Waals surface area contributed by atoms with Gasteiger partial charge in [0.05, 0.1) is 23.3 Å². The van der Waals surface area contributed by atoms with Gasteiger partial charge in [-0.25, -0.2) is 4.98 Å². The third kappa shape index (κ3) is 2.52. The number of aromatic amines is 1. The van der Waals surface area contributed by atoms with Crippen LogP contribution in [0.2, 0.25) is 0 Å². The molecule has 1 N–H and O–H groups in total. The third-order valence-corrected chi connectivity index (χ3v) is 4.22. The summed E-state index contributed by atoms with van der Waals surface area (Å²) in [6.07, 6.45) is -3.38. The van der Waals surface area contributed by atoms with Gasteiger partial charge in [0.2, 0.25) is 0 Å². The number of aromatic nitrogens is 2. The Bertz CT molecular complexity index is 935. The van der Waals surface area contributed by atoms with Gasteiger partial charge in [-0.05, 0) is 30.2 Å². The van der Waals surface area contributed by atoms with Crippen LogP contribution in [0.5, 0.6) is 5.75 Å². The van der Waals surface area contributed by atoms with Crippen LogP contribution in [0, 0.1) is 0 Å². The van der Waals surface area contributed by atoms with Gasteiger partial charge in [0.25, 0.3) is 0 Å². The van der Waals surface area contributed by atoms with Gasteiger partial charge >= 0.3 is 12.0 Å². The standard InChI is InChI=1S/C18H15F2N3O2/c1-2-11-6-5-9-14-16(11)25-18(19,20)17(24)23(14)10-15-21-12-7-3-4-8-13(12)22-15/h3-9H,2,10H2,1H3,(H,21,22). The molecule has 7 heteroatoms. The predicted octanol–water partition coefficient (Wildman–Crippen LogP) is 3.64. The van der Waals surface area contributed by atoms with Crippen LogP contribution in [0.15, 0.2) is 42.5 Å². The number of nitrogens with one attached hydrogen (secondary N) is 1. The number of halogens is 2. The van der Waals surface area contributed by atoms with E-state index in [9.17, 15) is 13.6 Å². The molecule has 0 aliphatic carbocycles. The Balaban J connectivity index is 1.78. The topological polar surface area (TPSA) is 58.2 Å². The number of carbonyl (C=O) groups excluding carboxylic acids is 1. The largest absolute Gasteiger partial charge is 0.483 e. The fourth-order valence-corrected chi connectivity index (χ4v) is 3.01. The van der Waals surface area contributed by atoms with Crippen molar-refractivity contribution in [2.75, 3.05) is 4.90 Å². The summed E-state index contributed by atoms with van der Waals surface area (Å²) in [5.74, 6) is -0.917. The van der Waals surface area contributed by atoms with Crippen LogP contribution in [0.1, 0.15) is 18.3 Å². The van der Waals surface area contributed by atoms with Crippen molar-refractivity contribution in [1.29, 1.82) is 0 Å². The molecule has 4 rings (SSSR count). The van der Waals surface area contributed by atoms with E-state index in [1.807, 2.05) is 31.2 Å². The van der Waals surface area contributed by atoms with E-state index in [1.165, 1.54) is 0 Å². The molecule has 2 heterocycles. The van der Waals surface area contributed by atoms with E-state index in [0.717, 1.165) is 10.4 Å². The number of ether oxygens (including phenoxy) is 1. The molecule has 1 aliphatic heterocycles. The monoisotopic (exact) mass is 343 g/mol. The number of nitrogens with zero attached hydrogens (tertiary/aromatic N) is 2. The summed E-state index contributed by atoms with van der Waals surface area (Å²) < 4.78 is 32.9. The first-order valence-electron chi connectivity index (χ1n) is 7.94. The molecule has 25 heavy (non-hydrogen) atoms. The molecule has 2 aromatic carbocycles. The van der Waals surface area contributed by atoms with E-state index in [1.54, 1.807) is 18.2 Å². The Kier molecular flexibility index (Phi) is 3.45. The molecular weight excluding hydrogens is 328 g/mol. The SMILES string of the molecule is CCc1cccc2c1OC(F)(F)C(=O)N2Cc1nc2ccccc2[nH]1. The highest BCUT2D eigenvalue weighted by molar-refractivity contribution is 6.01.